The second kappa shape index (κ2) is 4.94. The Bertz CT molecular complexity index is 464. The molecule has 0 spiro atoms. The molecule has 1 aromatic heterocycles. The van der Waals surface area contributed by atoms with E-state index in [9.17, 15) is 4.79 Å². The van der Waals surface area contributed by atoms with Gasteiger partial charge in [-0.15, -0.1) is 11.8 Å². The van der Waals surface area contributed by atoms with Crippen LogP contribution in [0.5, 0.6) is 0 Å². The molecule has 2 rings (SSSR count). The number of hydrogen-bond donors (Lipinski definition) is 0. The predicted molar refractivity (Wildman–Crippen MR) is 62.6 cm³/mol. The van der Waals surface area contributed by atoms with Gasteiger partial charge in [0, 0.05) is 10.5 Å². The van der Waals surface area contributed by atoms with Crippen LogP contribution in [0.25, 0.3) is 0 Å². The third-order valence-corrected chi connectivity index (χ3v) is 2.93. The Morgan fingerprint density at radius 3 is 2.69 bits per heavy atom. The van der Waals surface area contributed by atoms with Gasteiger partial charge in [-0.1, -0.05) is 12.1 Å². The van der Waals surface area contributed by atoms with Crippen LogP contribution < -0.4 is 0 Å². The van der Waals surface area contributed by atoms with Gasteiger partial charge in [-0.2, -0.15) is 5.10 Å². The van der Waals surface area contributed by atoms with Crippen molar-refractivity contribution in [2.45, 2.75) is 11.4 Å². The van der Waals surface area contributed by atoms with Crippen molar-refractivity contribution in [1.29, 1.82) is 0 Å². The van der Waals surface area contributed by atoms with E-state index in [0.29, 0.717) is 5.56 Å². The zero-order valence-electron chi connectivity index (χ0n) is 8.83. The average Bonchev–Trinajstić information content (AvgIpc) is 2.82. The van der Waals surface area contributed by atoms with E-state index in [0.717, 1.165) is 4.90 Å². The molecule has 0 N–H and O–H groups in total. The van der Waals surface area contributed by atoms with Crippen LogP contribution in [0.4, 0.5) is 0 Å². The summed E-state index contributed by atoms with van der Waals surface area (Å²) in [5.74, 6) is 0.0400. The molecular weight excluding hydrogens is 222 g/mol. The SMILES string of the molecule is CSc1ccc(C(=O)Cn2cncn2)cc1. The first-order valence-corrected chi connectivity index (χ1v) is 6.02. The summed E-state index contributed by atoms with van der Waals surface area (Å²) in [5.41, 5.74) is 0.702. The maximum Gasteiger partial charge on any atom is 0.184 e. The Morgan fingerprint density at radius 2 is 2.12 bits per heavy atom. The van der Waals surface area contributed by atoms with Gasteiger partial charge in [-0.3, -0.25) is 4.79 Å². The minimum absolute atomic E-state index is 0.0400. The molecule has 4 nitrogen and oxygen atoms in total. The van der Waals surface area contributed by atoms with Crippen LogP contribution in [0.15, 0.2) is 41.8 Å². The van der Waals surface area contributed by atoms with Crippen LogP contribution in [0.1, 0.15) is 10.4 Å². The van der Waals surface area contributed by atoms with E-state index < -0.39 is 0 Å². The van der Waals surface area contributed by atoms with Gasteiger partial charge in [0.05, 0.1) is 0 Å². The molecule has 0 unspecified atom stereocenters. The highest BCUT2D eigenvalue weighted by atomic mass is 32.2. The number of aromatic nitrogens is 3. The first kappa shape index (κ1) is 10.9. The molecule has 0 aliphatic carbocycles. The van der Waals surface area contributed by atoms with Crippen molar-refractivity contribution in [3.05, 3.63) is 42.5 Å². The van der Waals surface area contributed by atoms with Crippen LogP contribution >= 0.6 is 11.8 Å². The predicted octanol–water partition coefficient (Wildman–Crippen LogP) is 1.88. The summed E-state index contributed by atoms with van der Waals surface area (Å²) in [4.78, 5) is 16.8. The number of carbonyl (C=O) groups is 1. The number of rotatable bonds is 4. The maximum atomic E-state index is 11.8. The fraction of sp³-hybridized carbons (Fsp3) is 0.182. The molecule has 1 heterocycles. The van der Waals surface area contributed by atoms with Crippen molar-refractivity contribution < 1.29 is 4.79 Å². The molecule has 5 heteroatoms. The average molecular weight is 233 g/mol. The lowest BCUT2D eigenvalue weighted by molar-refractivity contribution is 0.0967. The lowest BCUT2D eigenvalue weighted by atomic mass is 10.1. The van der Waals surface area contributed by atoms with Crippen LogP contribution in [0.2, 0.25) is 0 Å². The summed E-state index contributed by atoms with van der Waals surface area (Å²) in [6.45, 7) is 0.235. The van der Waals surface area contributed by atoms with Crippen molar-refractivity contribution in [2.75, 3.05) is 6.26 Å². The Hall–Kier alpha value is -1.62. The summed E-state index contributed by atoms with van der Waals surface area (Å²) < 4.78 is 1.52. The number of benzene rings is 1. The van der Waals surface area contributed by atoms with Crippen molar-refractivity contribution in [1.82, 2.24) is 14.8 Å². The van der Waals surface area contributed by atoms with Gasteiger partial charge < -0.3 is 0 Å². The van der Waals surface area contributed by atoms with Crippen molar-refractivity contribution in [3.8, 4) is 0 Å². The Labute approximate surface area is 97.7 Å². The van der Waals surface area contributed by atoms with E-state index in [2.05, 4.69) is 10.1 Å². The van der Waals surface area contributed by atoms with Gasteiger partial charge in [0.15, 0.2) is 5.78 Å². The monoisotopic (exact) mass is 233 g/mol. The van der Waals surface area contributed by atoms with E-state index in [1.165, 1.54) is 17.3 Å². The zero-order valence-corrected chi connectivity index (χ0v) is 9.65. The van der Waals surface area contributed by atoms with Crippen molar-refractivity contribution in [3.63, 3.8) is 0 Å². The number of ketones is 1. The van der Waals surface area contributed by atoms with Crippen LogP contribution in [0, 0.1) is 0 Å². The first-order valence-electron chi connectivity index (χ1n) is 4.79. The fourth-order valence-electron chi connectivity index (χ4n) is 1.33. The summed E-state index contributed by atoms with van der Waals surface area (Å²) in [7, 11) is 0. The van der Waals surface area contributed by atoms with Crippen molar-refractivity contribution in [2.24, 2.45) is 0 Å². The summed E-state index contributed by atoms with van der Waals surface area (Å²) in [5, 5.41) is 3.90. The van der Waals surface area contributed by atoms with Crippen LogP contribution in [-0.2, 0) is 6.54 Å². The smallest absolute Gasteiger partial charge is 0.184 e. The fourth-order valence-corrected chi connectivity index (χ4v) is 1.74. The molecule has 0 saturated carbocycles. The summed E-state index contributed by atoms with van der Waals surface area (Å²) in [6, 6.07) is 7.56. The van der Waals surface area contributed by atoms with Crippen molar-refractivity contribution >= 4 is 17.5 Å². The number of Topliss-reactive ketones (excluding diaryl/α,β-unsaturated/α-hetero) is 1. The zero-order chi connectivity index (χ0) is 11.4. The number of hydrogen-bond acceptors (Lipinski definition) is 4. The Balaban J connectivity index is 2.09. The molecular formula is C11H11N3OS. The Morgan fingerprint density at radius 1 is 1.38 bits per heavy atom. The van der Waals surface area contributed by atoms with Gasteiger partial charge in [0.2, 0.25) is 0 Å². The standard InChI is InChI=1S/C11H11N3OS/c1-16-10-4-2-9(3-5-10)11(15)6-14-8-12-7-13-14/h2-5,7-8H,6H2,1H3. The minimum Gasteiger partial charge on any atom is -0.292 e. The normalized spacial score (nSPS) is 10.3. The molecule has 0 saturated heterocycles. The van der Waals surface area contributed by atoms with Crippen LogP contribution in [0.3, 0.4) is 0 Å². The summed E-state index contributed by atoms with van der Waals surface area (Å²) in [6.07, 6.45) is 4.96. The van der Waals surface area contributed by atoms with E-state index in [1.807, 2.05) is 30.5 Å². The maximum absolute atomic E-state index is 11.8. The van der Waals surface area contributed by atoms with E-state index in [-0.39, 0.29) is 12.3 Å². The topological polar surface area (TPSA) is 47.8 Å². The molecule has 0 aliphatic heterocycles. The highest BCUT2D eigenvalue weighted by Crippen LogP contribution is 2.15. The highest BCUT2D eigenvalue weighted by Gasteiger charge is 2.06. The Kier molecular flexibility index (Phi) is 3.36. The second-order valence-electron chi connectivity index (χ2n) is 3.24. The highest BCUT2D eigenvalue weighted by molar-refractivity contribution is 7.98. The number of carbonyl (C=O) groups excluding carboxylic acids is 1. The molecule has 0 fully saturated rings. The second-order valence-corrected chi connectivity index (χ2v) is 4.12. The molecule has 0 radical (unpaired) electrons. The number of thioether (sulfide) groups is 1. The number of nitrogens with zero attached hydrogens (tertiary/aromatic N) is 3. The van der Waals surface area contributed by atoms with E-state index in [1.54, 1.807) is 11.8 Å². The largest absolute Gasteiger partial charge is 0.292 e. The van der Waals surface area contributed by atoms with Gasteiger partial charge >= 0.3 is 0 Å². The lowest BCUT2D eigenvalue weighted by Crippen LogP contribution is -2.10. The third kappa shape index (κ3) is 2.49. The molecule has 16 heavy (non-hydrogen) atoms. The first-order chi connectivity index (χ1) is 7.79. The third-order valence-electron chi connectivity index (χ3n) is 2.18. The molecule has 0 aliphatic rings. The van der Waals surface area contributed by atoms with E-state index in [4.69, 9.17) is 0 Å². The van der Waals surface area contributed by atoms with Gasteiger partial charge in [0.1, 0.15) is 19.2 Å². The molecule has 2 aromatic rings. The summed E-state index contributed by atoms with van der Waals surface area (Å²) >= 11 is 1.66. The molecule has 82 valence electrons. The lowest BCUT2D eigenvalue weighted by Gasteiger charge is -2.01. The van der Waals surface area contributed by atoms with Gasteiger partial charge in [-0.25, -0.2) is 9.67 Å². The molecule has 0 bridgehead atoms. The molecule has 0 atom stereocenters. The van der Waals surface area contributed by atoms with E-state index >= 15 is 0 Å². The van der Waals surface area contributed by atoms with Gasteiger partial charge in [0.25, 0.3) is 0 Å². The van der Waals surface area contributed by atoms with Gasteiger partial charge in [-0.05, 0) is 18.4 Å². The molecule has 0 amide bonds. The minimum atomic E-state index is 0.0400. The quantitative estimate of drug-likeness (QED) is 0.597. The molecule has 1 aromatic carbocycles. The van der Waals surface area contributed by atoms with Crippen LogP contribution in [-0.4, -0.2) is 26.8 Å².